The molecule has 2 aromatic heterocycles. The summed E-state index contributed by atoms with van der Waals surface area (Å²) in [6, 6.07) is 16.7. The lowest BCUT2D eigenvalue weighted by Gasteiger charge is -2.22. The predicted molar refractivity (Wildman–Crippen MR) is 176 cm³/mol. The fourth-order valence-corrected chi connectivity index (χ4v) is 6.81. The van der Waals surface area contributed by atoms with E-state index in [0.717, 1.165) is 29.7 Å². The maximum Gasteiger partial charge on any atom is 0.261 e. The Morgan fingerprint density at radius 2 is 1.76 bits per heavy atom. The standard InChI is InChI=1S/C35H36FN5O4S/c1-18(2)16-25-30(33(38)43)32(28-14-15-29(46-28)35(44)41-24-13-10-20-6-4-5-7-23(20)24)31(34(39)45-19(3)37)26(40-25)17-27(42)21-8-11-22(36)12-9-21/h4-9,11-12,14-15,18,24,27,37,39,42H,10,13,16-17H2,1-3H3,(H2,38,43)(H,41,44)/t24-,27?/m1/s1. The number of hydrogen-bond acceptors (Lipinski definition) is 8. The van der Waals surface area contributed by atoms with E-state index in [2.05, 4.69) is 11.4 Å². The van der Waals surface area contributed by atoms with Crippen molar-refractivity contribution in [3.05, 3.63) is 111 Å². The number of hydrogen-bond donors (Lipinski definition) is 5. The van der Waals surface area contributed by atoms with Crippen LogP contribution < -0.4 is 11.1 Å². The van der Waals surface area contributed by atoms with Gasteiger partial charge in [0.05, 0.1) is 39.5 Å². The lowest BCUT2D eigenvalue weighted by atomic mass is 9.90. The van der Waals surface area contributed by atoms with E-state index >= 15 is 0 Å². The third-order valence-electron chi connectivity index (χ3n) is 7.83. The van der Waals surface area contributed by atoms with Crippen molar-refractivity contribution in [2.24, 2.45) is 11.7 Å². The number of carbonyl (C=O) groups excluding carboxylic acids is 2. The summed E-state index contributed by atoms with van der Waals surface area (Å²) in [7, 11) is 0. The first kappa shape index (κ1) is 32.6. The molecule has 9 nitrogen and oxygen atoms in total. The smallest absolute Gasteiger partial charge is 0.261 e. The monoisotopic (exact) mass is 641 g/mol. The molecule has 2 atom stereocenters. The molecule has 5 rings (SSSR count). The van der Waals surface area contributed by atoms with Gasteiger partial charge in [-0.25, -0.2) is 4.39 Å². The normalized spacial score (nSPS) is 14.5. The second-order valence-electron chi connectivity index (χ2n) is 11.8. The van der Waals surface area contributed by atoms with Gasteiger partial charge < -0.3 is 20.9 Å². The van der Waals surface area contributed by atoms with Gasteiger partial charge in [0.1, 0.15) is 5.82 Å². The number of thiophene rings is 1. The molecular formula is C35H36FN5O4S. The van der Waals surface area contributed by atoms with Crippen molar-refractivity contribution in [1.82, 2.24) is 10.3 Å². The molecule has 46 heavy (non-hydrogen) atoms. The van der Waals surface area contributed by atoms with Crippen LogP contribution in [0.4, 0.5) is 4.39 Å². The van der Waals surface area contributed by atoms with Crippen LogP contribution in [0.5, 0.6) is 0 Å². The highest BCUT2D eigenvalue weighted by molar-refractivity contribution is 7.17. The number of aliphatic hydroxyl groups excluding tert-OH is 1. The molecule has 0 fully saturated rings. The molecule has 0 saturated carbocycles. The second kappa shape index (κ2) is 13.7. The highest BCUT2D eigenvalue weighted by Gasteiger charge is 2.31. The van der Waals surface area contributed by atoms with Gasteiger partial charge >= 0.3 is 0 Å². The molecule has 1 unspecified atom stereocenters. The zero-order valence-electron chi connectivity index (χ0n) is 25.8. The minimum Gasteiger partial charge on any atom is -0.425 e. The molecule has 1 aliphatic rings. The topological polar surface area (TPSA) is 162 Å². The molecule has 0 saturated heterocycles. The van der Waals surface area contributed by atoms with Crippen LogP contribution in [0, 0.1) is 22.6 Å². The third kappa shape index (κ3) is 7.05. The van der Waals surface area contributed by atoms with Gasteiger partial charge in [-0.15, -0.1) is 11.3 Å². The third-order valence-corrected chi connectivity index (χ3v) is 8.93. The Morgan fingerprint density at radius 1 is 1.07 bits per heavy atom. The minimum absolute atomic E-state index is 0.0673. The number of nitrogens with zero attached hydrogens (tertiary/aromatic N) is 1. The van der Waals surface area contributed by atoms with Gasteiger partial charge in [-0.2, -0.15) is 0 Å². The van der Waals surface area contributed by atoms with Crippen LogP contribution in [0.2, 0.25) is 0 Å². The van der Waals surface area contributed by atoms with Crippen molar-refractivity contribution < 1.29 is 23.8 Å². The number of ether oxygens (including phenoxy) is 1. The van der Waals surface area contributed by atoms with Gasteiger partial charge in [-0.3, -0.25) is 25.4 Å². The molecule has 6 N–H and O–H groups in total. The molecule has 0 bridgehead atoms. The van der Waals surface area contributed by atoms with E-state index in [1.807, 2.05) is 32.0 Å². The van der Waals surface area contributed by atoms with E-state index < -0.39 is 23.7 Å². The van der Waals surface area contributed by atoms with Crippen LogP contribution in [-0.2, 0) is 24.0 Å². The first-order chi connectivity index (χ1) is 21.9. The van der Waals surface area contributed by atoms with Crippen molar-refractivity contribution >= 4 is 34.9 Å². The number of nitrogens with two attached hydrogens (primary N) is 1. The first-order valence-electron chi connectivity index (χ1n) is 15.0. The number of aromatic nitrogens is 1. The van der Waals surface area contributed by atoms with Gasteiger partial charge in [0.2, 0.25) is 5.90 Å². The average Bonchev–Trinajstić information content (AvgIpc) is 3.64. The molecule has 0 spiro atoms. The summed E-state index contributed by atoms with van der Waals surface area (Å²) in [5, 5.41) is 31.1. The Hall–Kier alpha value is -4.74. The van der Waals surface area contributed by atoms with Crippen LogP contribution in [-0.4, -0.2) is 33.7 Å². The Labute approximate surface area is 270 Å². The number of aliphatic hydroxyl groups is 1. The number of aryl methyl sites for hydroxylation is 1. The molecule has 2 heterocycles. The number of amides is 2. The zero-order chi connectivity index (χ0) is 33.1. The molecule has 2 amide bonds. The largest absolute Gasteiger partial charge is 0.425 e. The summed E-state index contributed by atoms with van der Waals surface area (Å²) in [6.07, 6.45) is 0.779. The van der Waals surface area contributed by atoms with E-state index in [1.54, 1.807) is 12.1 Å². The van der Waals surface area contributed by atoms with Gasteiger partial charge in [0.25, 0.3) is 11.8 Å². The highest BCUT2D eigenvalue weighted by Crippen LogP contribution is 2.39. The summed E-state index contributed by atoms with van der Waals surface area (Å²) in [4.78, 5) is 32.3. The lowest BCUT2D eigenvalue weighted by Crippen LogP contribution is -2.26. The molecule has 238 valence electrons. The lowest BCUT2D eigenvalue weighted by molar-refractivity contribution is 0.0939. The second-order valence-corrected chi connectivity index (χ2v) is 12.9. The summed E-state index contributed by atoms with van der Waals surface area (Å²) >= 11 is 1.14. The number of benzene rings is 2. The number of carbonyl (C=O) groups is 2. The molecule has 11 heteroatoms. The van der Waals surface area contributed by atoms with Crippen LogP contribution in [0.3, 0.4) is 0 Å². The van der Waals surface area contributed by atoms with Crippen molar-refractivity contribution in [3.8, 4) is 10.4 Å². The van der Waals surface area contributed by atoms with Gasteiger partial charge in [-0.05, 0) is 66.1 Å². The number of nitrogens with one attached hydrogen (secondary N) is 3. The van der Waals surface area contributed by atoms with E-state index in [-0.39, 0.29) is 52.6 Å². The molecule has 0 aliphatic heterocycles. The Bertz CT molecular complexity index is 1820. The van der Waals surface area contributed by atoms with Crippen molar-refractivity contribution in [2.75, 3.05) is 0 Å². The number of pyridine rings is 1. The summed E-state index contributed by atoms with van der Waals surface area (Å²) in [5.74, 6) is -2.16. The van der Waals surface area contributed by atoms with Crippen molar-refractivity contribution in [3.63, 3.8) is 0 Å². The number of rotatable bonds is 10. The van der Waals surface area contributed by atoms with Crippen LogP contribution in [0.1, 0.15) is 93.0 Å². The van der Waals surface area contributed by atoms with E-state index in [0.29, 0.717) is 27.4 Å². The van der Waals surface area contributed by atoms with E-state index in [1.165, 1.54) is 36.8 Å². The molecule has 0 radical (unpaired) electrons. The van der Waals surface area contributed by atoms with Crippen LogP contribution >= 0.6 is 11.3 Å². The maximum atomic E-state index is 13.6. The maximum absolute atomic E-state index is 13.6. The fraction of sp³-hybridized carbons (Fsp3) is 0.286. The predicted octanol–water partition coefficient (Wildman–Crippen LogP) is 6.28. The molecule has 2 aromatic carbocycles. The summed E-state index contributed by atoms with van der Waals surface area (Å²) in [5.41, 5.74) is 9.74. The van der Waals surface area contributed by atoms with Gasteiger partial charge in [-0.1, -0.05) is 50.2 Å². The highest BCUT2D eigenvalue weighted by atomic mass is 32.1. The van der Waals surface area contributed by atoms with E-state index in [4.69, 9.17) is 26.3 Å². The number of halogens is 1. The van der Waals surface area contributed by atoms with Gasteiger partial charge in [0.15, 0.2) is 5.90 Å². The fourth-order valence-electron chi connectivity index (χ4n) is 5.85. The summed E-state index contributed by atoms with van der Waals surface area (Å²) in [6.45, 7) is 5.29. The Kier molecular flexibility index (Phi) is 9.74. The molecule has 4 aromatic rings. The molecule has 1 aliphatic carbocycles. The minimum atomic E-state index is -1.14. The van der Waals surface area contributed by atoms with E-state index in [9.17, 15) is 19.1 Å². The Morgan fingerprint density at radius 3 is 2.43 bits per heavy atom. The van der Waals surface area contributed by atoms with Crippen LogP contribution in [0.15, 0.2) is 60.7 Å². The quantitative estimate of drug-likeness (QED) is 0.102. The average molecular weight is 642 g/mol. The van der Waals surface area contributed by atoms with Gasteiger partial charge in [0, 0.05) is 23.8 Å². The number of fused-ring (bicyclic) bond motifs is 1. The molecular weight excluding hydrogens is 605 g/mol. The Balaban J connectivity index is 1.63. The van der Waals surface area contributed by atoms with Crippen molar-refractivity contribution in [1.29, 1.82) is 10.8 Å². The zero-order valence-corrected chi connectivity index (χ0v) is 26.6. The SMILES string of the molecule is CC(=N)OC(=N)c1c(CC(O)c2ccc(F)cc2)nc(CC(C)C)c(C(N)=O)c1-c1ccc(C(=O)N[C@@H]2CCc3ccccc32)s1. The summed E-state index contributed by atoms with van der Waals surface area (Å²) < 4.78 is 19.1. The van der Waals surface area contributed by atoms with Crippen molar-refractivity contribution in [2.45, 2.75) is 58.6 Å². The van der Waals surface area contributed by atoms with Crippen LogP contribution in [0.25, 0.3) is 10.4 Å². The number of primary amides is 1. The first-order valence-corrected chi connectivity index (χ1v) is 15.8.